The Bertz CT molecular complexity index is 398. The fraction of sp³-hybridized carbons (Fsp3) is 0.364. The van der Waals surface area contributed by atoms with E-state index in [4.69, 9.17) is 10.9 Å². The number of amidine groups is 1. The van der Waals surface area contributed by atoms with Gasteiger partial charge >= 0.3 is 0 Å². The maximum absolute atomic E-state index is 12.9. The second-order valence-corrected chi connectivity index (χ2v) is 4.46. The highest BCUT2D eigenvalue weighted by Crippen LogP contribution is 2.19. The summed E-state index contributed by atoms with van der Waals surface area (Å²) in [5.41, 5.74) is 6.20. The van der Waals surface area contributed by atoms with E-state index in [1.807, 2.05) is 0 Å². The third-order valence-corrected chi connectivity index (χ3v) is 2.84. The quantitative estimate of drug-likeness (QED) is 0.249. The van der Waals surface area contributed by atoms with Gasteiger partial charge in [0, 0.05) is 18.7 Å². The highest BCUT2D eigenvalue weighted by molar-refractivity contribution is 9.10. The number of nitrogens with zero attached hydrogens (tertiary/aromatic N) is 1. The summed E-state index contributed by atoms with van der Waals surface area (Å²) in [6, 6.07) is 4.78. The zero-order valence-corrected chi connectivity index (χ0v) is 10.9. The summed E-state index contributed by atoms with van der Waals surface area (Å²) >= 11 is 3.12. The van der Waals surface area contributed by atoms with Crippen LogP contribution in [0.2, 0.25) is 0 Å². The van der Waals surface area contributed by atoms with Crippen molar-refractivity contribution in [1.82, 2.24) is 0 Å². The van der Waals surface area contributed by atoms with Gasteiger partial charge in [0.05, 0.1) is 4.47 Å². The van der Waals surface area contributed by atoms with E-state index in [-0.39, 0.29) is 11.7 Å². The molecule has 17 heavy (non-hydrogen) atoms. The lowest BCUT2D eigenvalue weighted by molar-refractivity contribution is 0.316. The molecule has 0 aliphatic heterocycles. The SMILES string of the molecule is N/C(CCCCNc1ccc(F)c(Br)c1)=N/O. The third-order valence-electron chi connectivity index (χ3n) is 2.24. The molecule has 0 aliphatic carbocycles. The second kappa shape index (κ2) is 7.11. The van der Waals surface area contributed by atoms with Gasteiger partial charge in [0.15, 0.2) is 0 Å². The van der Waals surface area contributed by atoms with Gasteiger partial charge in [-0.25, -0.2) is 4.39 Å². The van der Waals surface area contributed by atoms with Crippen LogP contribution in [0.3, 0.4) is 0 Å². The normalized spacial score (nSPS) is 11.5. The van der Waals surface area contributed by atoms with Crippen LogP contribution in [0.1, 0.15) is 19.3 Å². The molecule has 0 amide bonds. The Hall–Kier alpha value is -1.30. The maximum atomic E-state index is 12.9. The molecule has 4 nitrogen and oxygen atoms in total. The fourth-order valence-electron chi connectivity index (χ4n) is 1.32. The standard InChI is InChI=1S/C11H15BrFN3O/c12-9-7-8(4-5-10(9)13)15-6-2-1-3-11(14)16-17/h4-5,7,15,17H,1-3,6H2,(H2,14,16). The van der Waals surface area contributed by atoms with E-state index < -0.39 is 0 Å². The first-order chi connectivity index (χ1) is 8.13. The summed E-state index contributed by atoms with van der Waals surface area (Å²) in [7, 11) is 0. The molecule has 0 aliphatic rings. The molecule has 0 saturated carbocycles. The molecule has 1 aromatic carbocycles. The molecule has 0 spiro atoms. The lowest BCUT2D eigenvalue weighted by atomic mass is 10.2. The highest BCUT2D eigenvalue weighted by Gasteiger charge is 1.99. The lowest BCUT2D eigenvalue weighted by Crippen LogP contribution is -2.11. The lowest BCUT2D eigenvalue weighted by Gasteiger charge is -2.06. The maximum Gasteiger partial charge on any atom is 0.139 e. The van der Waals surface area contributed by atoms with Gasteiger partial charge in [0.1, 0.15) is 11.7 Å². The predicted molar refractivity (Wildman–Crippen MR) is 69.8 cm³/mol. The molecule has 1 rings (SSSR count). The smallest absolute Gasteiger partial charge is 0.139 e. The van der Waals surface area contributed by atoms with E-state index in [1.165, 1.54) is 6.07 Å². The number of benzene rings is 1. The highest BCUT2D eigenvalue weighted by atomic mass is 79.9. The topological polar surface area (TPSA) is 70.6 Å². The fourth-order valence-corrected chi connectivity index (χ4v) is 1.70. The zero-order chi connectivity index (χ0) is 12.7. The van der Waals surface area contributed by atoms with Gasteiger partial charge in [-0.1, -0.05) is 5.16 Å². The molecular formula is C11H15BrFN3O. The Balaban J connectivity index is 2.24. The average Bonchev–Trinajstić information content (AvgIpc) is 2.33. The first-order valence-corrected chi connectivity index (χ1v) is 6.08. The Morgan fingerprint density at radius 1 is 1.47 bits per heavy atom. The van der Waals surface area contributed by atoms with Gasteiger partial charge in [-0.3, -0.25) is 0 Å². The van der Waals surface area contributed by atoms with Crippen LogP contribution in [0.5, 0.6) is 0 Å². The summed E-state index contributed by atoms with van der Waals surface area (Å²) in [5.74, 6) is -0.0305. The van der Waals surface area contributed by atoms with Crippen molar-refractivity contribution < 1.29 is 9.60 Å². The number of nitrogens with two attached hydrogens (primary N) is 1. The van der Waals surface area contributed by atoms with Gasteiger partial charge in [-0.15, -0.1) is 0 Å². The minimum atomic E-state index is -0.275. The zero-order valence-electron chi connectivity index (χ0n) is 9.29. The Morgan fingerprint density at radius 2 is 2.24 bits per heavy atom. The largest absolute Gasteiger partial charge is 0.409 e. The van der Waals surface area contributed by atoms with E-state index in [2.05, 4.69) is 26.4 Å². The number of hydrogen-bond donors (Lipinski definition) is 3. The van der Waals surface area contributed by atoms with E-state index in [9.17, 15) is 4.39 Å². The van der Waals surface area contributed by atoms with Crippen molar-refractivity contribution in [2.24, 2.45) is 10.9 Å². The second-order valence-electron chi connectivity index (χ2n) is 3.60. The van der Waals surface area contributed by atoms with Crippen LogP contribution in [0.4, 0.5) is 10.1 Å². The molecular weight excluding hydrogens is 289 g/mol. The van der Waals surface area contributed by atoms with Crippen molar-refractivity contribution >= 4 is 27.5 Å². The van der Waals surface area contributed by atoms with Gasteiger partial charge in [0.2, 0.25) is 0 Å². The number of oxime groups is 1. The first-order valence-electron chi connectivity index (χ1n) is 5.29. The van der Waals surface area contributed by atoms with Crippen LogP contribution in [-0.2, 0) is 0 Å². The Labute approximate surface area is 108 Å². The number of rotatable bonds is 6. The Kier molecular flexibility index (Phi) is 5.76. The van der Waals surface area contributed by atoms with Crippen molar-refractivity contribution in [1.29, 1.82) is 0 Å². The van der Waals surface area contributed by atoms with E-state index in [1.54, 1.807) is 12.1 Å². The molecule has 6 heteroatoms. The molecule has 0 bridgehead atoms. The minimum Gasteiger partial charge on any atom is -0.409 e. The molecule has 0 unspecified atom stereocenters. The summed E-state index contributed by atoms with van der Waals surface area (Å²) in [5, 5.41) is 14.4. The summed E-state index contributed by atoms with van der Waals surface area (Å²) in [6.45, 7) is 0.761. The molecule has 4 N–H and O–H groups in total. The predicted octanol–water partition coefficient (Wildman–Crippen LogP) is 2.92. The molecule has 94 valence electrons. The number of unbranched alkanes of at least 4 members (excludes halogenated alkanes) is 1. The molecule has 0 aromatic heterocycles. The van der Waals surface area contributed by atoms with Crippen molar-refractivity contribution in [2.75, 3.05) is 11.9 Å². The summed E-state index contributed by atoms with van der Waals surface area (Å²) in [4.78, 5) is 0. The van der Waals surface area contributed by atoms with Crippen LogP contribution in [0.15, 0.2) is 27.8 Å². The van der Waals surface area contributed by atoms with Crippen LogP contribution in [0, 0.1) is 5.82 Å². The monoisotopic (exact) mass is 303 g/mol. The van der Waals surface area contributed by atoms with E-state index in [0.29, 0.717) is 10.9 Å². The third kappa shape index (κ3) is 5.04. The number of halogens is 2. The van der Waals surface area contributed by atoms with Gasteiger partial charge < -0.3 is 16.3 Å². The minimum absolute atomic E-state index is 0.245. The summed E-state index contributed by atoms with van der Waals surface area (Å²) < 4.78 is 13.4. The number of anilines is 1. The van der Waals surface area contributed by atoms with Crippen LogP contribution < -0.4 is 11.1 Å². The van der Waals surface area contributed by atoms with Crippen molar-refractivity contribution in [2.45, 2.75) is 19.3 Å². The van der Waals surface area contributed by atoms with Gasteiger partial charge in [-0.2, -0.15) is 0 Å². The van der Waals surface area contributed by atoms with Crippen molar-refractivity contribution in [3.05, 3.63) is 28.5 Å². The van der Waals surface area contributed by atoms with Gasteiger partial charge in [-0.05, 0) is 47.0 Å². The van der Waals surface area contributed by atoms with Crippen molar-refractivity contribution in [3.8, 4) is 0 Å². The molecule has 0 atom stereocenters. The number of hydrogen-bond acceptors (Lipinski definition) is 3. The Morgan fingerprint density at radius 3 is 2.88 bits per heavy atom. The number of nitrogens with one attached hydrogen (secondary N) is 1. The molecule has 0 fully saturated rings. The van der Waals surface area contributed by atoms with Gasteiger partial charge in [0.25, 0.3) is 0 Å². The summed E-state index contributed by atoms with van der Waals surface area (Å²) in [6.07, 6.45) is 2.31. The van der Waals surface area contributed by atoms with Crippen LogP contribution in [-0.4, -0.2) is 17.6 Å². The van der Waals surface area contributed by atoms with Crippen LogP contribution in [0.25, 0.3) is 0 Å². The van der Waals surface area contributed by atoms with E-state index in [0.717, 1.165) is 25.1 Å². The van der Waals surface area contributed by atoms with E-state index >= 15 is 0 Å². The molecule has 0 saturated heterocycles. The average molecular weight is 304 g/mol. The van der Waals surface area contributed by atoms with Crippen LogP contribution >= 0.6 is 15.9 Å². The molecule has 1 aromatic rings. The first kappa shape index (κ1) is 13.8. The van der Waals surface area contributed by atoms with Crippen molar-refractivity contribution in [3.63, 3.8) is 0 Å². The molecule has 0 radical (unpaired) electrons. The molecule has 0 heterocycles.